The van der Waals surface area contributed by atoms with Crippen molar-refractivity contribution in [1.29, 1.82) is 0 Å². The molecule has 9 heteroatoms. The molecule has 2 aromatic carbocycles. The average Bonchev–Trinajstić information content (AvgIpc) is 3.27. The van der Waals surface area contributed by atoms with Crippen molar-refractivity contribution in [2.24, 2.45) is 0 Å². The number of ether oxygens (including phenoxy) is 3. The van der Waals surface area contributed by atoms with Crippen molar-refractivity contribution in [2.45, 2.75) is 20.3 Å². The number of hydrogen-bond acceptors (Lipinski definition) is 7. The molecule has 0 N–H and O–H groups in total. The Bertz CT molecular complexity index is 971. The van der Waals surface area contributed by atoms with Crippen LogP contribution in [-0.4, -0.2) is 62.8 Å². The Kier molecular flexibility index (Phi) is 10.7. The summed E-state index contributed by atoms with van der Waals surface area (Å²) >= 11 is 1.44. The van der Waals surface area contributed by atoms with Crippen LogP contribution in [0.2, 0.25) is 0 Å². The highest BCUT2D eigenvalue weighted by Gasteiger charge is 2.23. The van der Waals surface area contributed by atoms with Crippen LogP contribution in [0, 0.1) is 0 Å². The number of thiazole rings is 1. The Hall–Kier alpha value is -2.55. The van der Waals surface area contributed by atoms with Gasteiger partial charge in [-0.2, -0.15) is 0 Å². The molecule has 7 nitrogen and oxygen atoms in total. The molecule has 3 rings (SSSR count). The molecule has 33 heavy (non-hydrogen) atoms. The normalized spacial score (nSPS) is 10.7. The third-order valence-electron chi connectivity index (χ3n) is 5.29. The van der Waals surface area contributed by atoms with Crippen molar-refractivity contribution in [1.82, 2.24) is 9.88 Å². The molecule has 0 fully saturated rings. The number of aromatic nitrogens is 1. The molecule has 1 amide bonds. The van der Waals surface area contributed by atoms with Crippen LogP contribution >= 0.6 is 23.7 Å². The van der Waals surface area contributed by atoms with E-state index in [1.54, 1.807) is 19.1 Å². The second-order valence-electron chi connectivity index (χ2n) is 7.13. The Balaban J connectivity index is 0.00000385. The SMILES string of the molecule is CCN(CC)CCN(C(=O)CCOc1ccccc1)c1nc2c(OC)ccc(OC)c2s1.Cl. The van der Waals surface area contributed by atoms with Crippen LogP contribution in [0.1, 0.15) is 20.3 Å². The van der Waals surface area contributed by atoms with E-state index in [9.17, 15) is 4.79 Å². The van der Waals surface area contributed by atoms with Gasteiger partial charge in [0, 0.05) is 13.1 Å². The zero-order valence-corrected chi connectivity index (χ0v) is 21.2. The van der Waals surface area contributed by atoms with Crippen LogP contribution in [0.15, 0.2) is 42.5 Å². The molecule has 1 heterocycles. The lowest BCUT2D eigenvalue weighted by Crippen LogP contribution is -2.39. The Labute approximate surface area is 205 Å². The van der Waals surface area contributed by atoms with Crippen molar-refractivity contribution in [2.75, 3.05) is 51.9 Å². The summed E-state index contributed by atoms with van der Waals surface area (Å²) in [7, 11) is 3.25. The van der Waals surface area contributed by atoms with E-state index in [0.29, 0.717) is 35.3 Å². The number of likely N-dealkylation sites (N-methyl/N-ethyl adjacent to an activating group) is 1. The largest absolute Gasteiger partial charge is 0.495 e. The van der Waals surface area contributed by atoms with Gasteiger partial charge in [0.1, 0.15) is 27.5 Å². The van der Waals surface area contributed by atoms with E-state index in [1.807, 2.05) is 42.5 Å². The summed E-state index contributed by atoms with van der Waals surface area (Å²) in [5.41, 5.74) is 0.702. The summed E-state index contributed by atoms with van der Waals surface area (Å²) in [6.45, 7) is 7.72. The van der Waals surface area contributed by atoms with Crippen LogP contribution in [-0.2, 0) is 4.79 Å². The molecule has 0 atom stereocenters. The van der Waals surface area contributed by atoms with Gasteiger partial charge in [0.25, 0.3) is 0 Å². The molecule has 0 saturated heterocycles. The predicted octanol–water partition coefficient (Wildman–Crippen LogP) is 4.88. The van der Waals surface area contributed by atoms with E-state index >= 15 is 0 Å². The first-order valence-electron chi connectivity index (χ1n) is 10.8. The molecule has 180 valence electrons. The maximum absolute atomic E-state index is 13.2. The molecule has 0 unspecified atom stereocenters. The van der Waals surface area contributed by atoms with Crippen LogP contribution in [0.4, 0.5) is 5.13 Å². The number of methoxy groups -OCH3 is 2. The highest BCUT2D eigenvalue weighted by Crippen LogP contribution is 2.40. The summed E-state index contributed by atoms with van der Waals surface area (Å²) < 4.78 is 17.6. The quantitative estimate of drug-likeness (QED) is 0.358. The smallest absolute Gasteiger partial charge is 0.232 e. The first kappa shape index (κ1) is 26.7. The van der Waals surface area contributed by atoms with Gasteiger partial charge in [0.2, 0.25) is 5.91 Å². The fraction of sp³-hybridized carbons (Fsp3) is 0.417. The molecule has 0 radical (unpaired) electrons. The molecular formula is C24H32ClN3O4S. The average molecular weight is 494 g/mol. The second kappa shape index (κ2) is 13.2. The first-order chi connectivity index (χ1) is 15.6. The highest BCUT2D eigenvalue weighted by atomic mass is 35.5. The molecule has 0 spiro atoms. The van der Waals surface area contributed by atoms with E-state index in [-0.39, 0.29) is 24.7 Å². The fourth-order valence-electron chi connectivity index (χ4n) is 3.41. The number of para-hydroxylation sites is 1. The fourth-order valence-corrected chi connectivity index (χ4v) is 4.52. The van der Waals surface area contributed by atoms with Crippen molar-refractivity contribution in [3.8, 4) is 17.2 Å². The molecular weight excluding hydrogens is 462 g/mol. The molecule has 0 aliphatic carbocycles. The van der Waals surface area contributed by atoms with Gasteiger partial charge in [0.15, 0.2) is 5.13 Å². The van der Waals surface area contributed by atoms with Gasteiger partial charge in [0.05, 0.1) is 27.2 Å². The topological polar surface area (TPSA) is 64.1 Å². The van der Waals surface area contributed by atoms with Crippen LogP contribution in [0.5, 0.6) is 17.2 Å². The summed E-state index contributed by atoms with van der Waals surface area (Å²) in [6, 6.07) is 13.2. The predicted molar refractivity (Wildman–Crippen MR) is 137 cm³/mol. The Morgan fingerprint density at radius 2 is 1.64 bits per heavy atom. The van der Waals surface area contributed by atoms with Gasteiger partial charge in [-0.05, 0) is 37.4 Å². The lowest BCUT2D eigenvalue weighted by molar-refractivity contribution is -0.119. The summed E-state index contributed by atoms with van der Waals surface area (Å²) in [5.74, 6) is 2.11. The van der Waals surface area contributed by atoms with Gasteiger partial charge < -0.3 is 19.1 Å². The first-order valence-corrected chi connectivity index (χ1v) is 11.6. The number of halogens is 1. The van der Waals surface area contributed by atoms with Gasteiger partial charge in [-0.25, -0.2) is 4.98 Å². The lowest BCUT2D eigenvalue weighted by Gasteiger charge is -2.24. The molecule has 3 aromatic rings. The molecule has 0 aliphatic rings. The number of rotatable bonds is 12. The van der Waals surface area contributed by atoms with Crippen molar-refractivity contribution in [3.63, 3.8) is 0 Å². The summed E-state index contributed by atoms with van der Waals surface area (Å²) in [4.78, 5) is 22.1. The highest BCUT2D eigenvalue weighted by molar-refractivity contribution is 7.22. The van der Waals surface area contributed by atoms with Crippen molar-refractivity contribution >= 4 is 45.0 Å². The third-order valence-corrected chi connectivity index (χ3v) is 6.39. The minimum atomic E-state index is -0.0231. The number of hydrogen-bond donors (Lipinski definition) is 0. The summed E-state index contributed by atoms with van der Waals surface area (Å²) in [5, 5.41) is 0.639. The molecule has 0 aliphatic heterocycles. The standard InChI is InChI=1S/C24H31N3O4S.ClH/c1-5-26(6-2)15-16-27(21(28)14-17-31-18-10-8-7-9-11-18)24-25-22-19(29-3)12-13-20(30-4)23(22)32-24;/h7-13H,5-6,14-17H2,1-4H3;1H. The van der Waals surface area contributed by atoms with Gasteiger partial charge in [-0.1, -0.05) is 43.4 Å². The minimum absolute atomic E-state index is 0. The minimum Gasteiger partial charge on any atom is -0.495 e. The van der Waals surface area contributed by atoms with Gasteiger partial charge >= 0.3 is 0 Å². The number of carbonyl (C=O) groups is 1. The Morgan fingerprint density at radius 1 is 0.970 bits per heavy atom. The van der Waals surface area contributed by atoms with Gasteiger partial charge in [-0.15, -0.1) is 12.4 Å². The van der Waals surface area contributed by atoms with E-state index in [4.69, 9.17) is 19.2 Å². The maximum atomic E-state index is 13.2. The molecule has 0 saturated carbocycles. The maximum Gasteiger partial charge on any atom is 0.232 e. The van der Waals surface area contributed by atoms with Crippen LogP contribution in [0.3, 0.4) is 0 Å². The Morgan fingerprint density at radius 3 is 2.27 bits per heavy atom. The van der Waals surface area contributed by atoms with E-state index in [2.05, 4.69) is 18.7 Å². The number of nitrogens with zero attached hydrogens (tertiary/aromatic N) is 3. The molecule has 0 bridgehead atoms. The van der Waals surface area contributed by atoms with E-state index in [0.717, 1.165) is 30.1 Å². The lowest BCUT2D eigenvalue weighted by atomic mass is 10.3. The van der Waals surface area contributed by atoms with Crippen molar-refractivity contribution < 1.29 is 19.0 Å². The van der Waals surface area contributed by atoms with Gasteiger partial charge in [-0.3, -0.25) is 9.69 Å². The van der Waals surface area contributed by atoms with Crippen LogP contribution in [0.25, 0.3) is 10.2 Å². The molecule has 1 aromatic heterocycles. The number of benzene rings is 2. The number of carbonyl (C=O) groups excluding carboxylic acids is 1. The van der Waals surface area contributed by atoms with E-state index < -0.39 is 0 Å². The third kappa shape index (κ3) is 6.72. The number of amides is 1. The van der Waals surface area contributed by atoms with E-state index in [1.165, 1.54) is 11.3 Å². The zero-order valence-electron chi connectivity index (χ0n) is 19.6. The van der Waals surface area contributed by atoms with Crippen LogP contribution < -0.4 is 19.1 Å². The number of anilines is 1. The zero-order chi connectivity index (χ0) is 22.9. The number of fused-ring (bicyclic) bond motifs is 1. The summed E-state index contributed by atoms with van der Waals surface area (Å²) in [6.07, 6.45) is 0.261. The van der Waals surface area contributed by atoms with Crippen molar-refractivity contribution in [3.05, 3.63) is 42.5 Å². The second-order valence-corrected chi connectivity index (χ2v) is 8.11. The monoisotopic (exact) mass is 493 g/mol.